The average Bonchev–Trinajstić information content (AvgIpc) is 2.43. The van der Waals surface area contributed by atoms with E-state index in [-0.39, 0.29) is 5.41 Å². The molecule has 0 bridgehead atoms. The van der Waals surface area contributed by atoms with E-state index >= 15 is 0 Å². The third-order valence-electron chi connectivity index (χ3n) is 3.77. The number of benzene rings is 1. The van der Waals surface area contributed by atoms with Gasteiger partial charge in [0.1, 0.15) is 16.7 Å². The van der Waals surface area contributed by atoms with Crippen LogP contribution in [0.1, 0.15) is 38.3 Å². The van der Waals surface area contributed by atoms with Gasteiger partial charge in [-0.25, -0.2) is 4.98 Å². The Morgan fingerprint density at radius 1 is 1.20 bits per heavy atom. The molecule has 0 amide bonds. The number of halogens is 1. The monoisotopic (exact) mass is 289 g/mol. The fraction of sp³-hybridized carbons (Fsp3) is 0.353. The first-order valence-corrected chi connectivity index (χ1v) is 7.21. The van der Waals surface area contributed by atoms with E-state index in [0.29, 0.717) is 5.15 Å². The molecule has 2 aromatic rings. The topological polar surface area (TPSA) is 22.1 Å². The second-order valence-electron chi connectivity index (χ2n) is 5.64. The van der Waals surface area contributed by atoms with Gasteiger partial charge in [-0.2, -0.15) is 0 Å². The molecule has 0 aliphatic rings. The highest BCUT2D eigenvalue weighted by Gasteiger charge is 2.17. The van der Waals surface area contributed by atoms with Crippen molar-refractivity contribution in [1.82, 2.24) is 4.98 Å². The molecule has 1 aromatic heterocycles. The minimum Gasteiger partial charge on any atom is -0.457 e. The molecule has 0 saturated carbocycles. The highest BCUT2D eigenvalue weighted by molar-refractivity contribution is 6.29. The predicted molar refractivity (Wildman–Crippen MR) is 83.8 cm³/mol. The maximum absolute atomic E-state index is 5.90. The summed E-state index contributed by atoms with van der Waals surface area (Å²) in [5.74, 6) is 1.55. The van der Waals surface area contributed by atoms with Gasteiger partial charge in [0.2, 0.25) is 0 Å². The summed E-state index contributed by atoms with van der Waals surface area (Å²) in [7, 11) is 0. The van der Waals surface area contributed by atoms with Crippen LogP contribution in [0.2, 0.25) is 5.15 Å². The summed E-state index contributed by atoms with van der Waals surface area (Å²) >= 11 is 5.90. The molecule has 1 aromatic carbocycles. The molecule has 0 radical (unpaired) electrons. The number of nitrogens with zero attached hydrogens (tertiary/aromatic N) is 1. The van der Waals surface area contributed by atoms with Crippen LogP contribution in [0.25, 0.3) is 0 Å². The lowest BCUT2D eigenvalue weighted by Crippen LogP contribution is -2.14. The van der Waals surface area contributed by atoms with Gasteiger partial charge in [0, 0.05) is 17.8 Å². The van der Waals surface area contributed by atoms with Gasteiger partial charge >= 0.3 is 0 Å². The molecule has 3 heteroatoms. The summed E-state index contributed by atoms with van der Waals surface area (Å²) in [6, 6.07) is 9.98. The molecule has 106 valence electrons. The van der Waals surface area contributed by atoms with Gasteiger partial charge in [-0.05, 0) is 36.5 Å². The van der Waals surface area contributed by atoms with Crippen LogP contribution in [0.3, 0.4) is 0 Å². The highest BCUT2D eigenvalue weighted by Crippen LogP contribution is 2.30. The Morgan fingerprint density at radius 2 is 1.85 bits per heavy atom. The van der Waals surface area contributed by atoms with E-state index in [2.05, 4.69) is 37.9 Å². The van der Waals surface area contributed by atoms with Gasteiger partial charge in [0.05, 0.1) is 0 Å². The van der Waals surface area contributed by atoms with Gasteiger partial charge in [-0.3, -0.25) is 0 Å². The molecule has 0 aliphatic heterocycles. The number of hydrogen-bond donors (Lipinski definition) is 0. The Balaban J connectivity index is 2.21. The molecule has 0 saturated heterocycles. The number of ether oxygens (including phenoxy) is 1. The van der Waals surface area contributed by atoms with Crippen molar-refractivity contribution in [3.63, 3.8) is 0 Å². The Kier molecular flexibility index (Phi) is 4.34. The van der Waals surface area contributed by atoms with Crippen LogP contribution in [0.4, 0.5) is 0 Å². The lowest BCUT2D eigenvalue weighted by molar-refractivity contribution is 0.474. The molecule has 0 aliphatic carbocycles. The second-order valence-corrected chi connectivity index (χ2v) is 6.02. The SMILES string of the molecule is CCC(C)(C)c1ccc(Oc2cc(Cl)ncc2C)cc1. The maximum atomic E-state index is 5.90. The summed E-state index contributed by atoms with van der Waals surface area (Å²) in [6.45, 7) is 8.64. The molecule has 20 heavy (non-hydrogen) atoms. The van der Waals surface area contributed by atoms with Crippen molar-refractivity contribution in [1.29, 1.82) is 0 Å². The van der Waals surface area contributed by atoms with Crippen molar-refractivity contribution in [3.05, 3.63) is 52.8 Å². The van der Waals surface area contributed by atoms with E-state index in [4.69, 9.17) is 16.3 Å². The van der Waals surface area contributed by atoms with Crippen molar-refractivity contribution >= 4 is 11.6 Å². The first-order chi connectivity index (χ1) is 9.42. The standard InChI is InChI=1S/C17H20ClNO/c1-5-17(3,4)13-6-8-14(9-7-13)20-15-10-16(18)19-11-12(15)2/h6-11H,5H2,1-4H3. The summed E-state index contributed by atoms with van der Waals surface area (Å²) in [5, 5.41) is 0.439. The minimum atomic E-state index is 0.189. The number of hydrogen-bond acceptors (Lipinski definition) is 2. The van der Waals surface area contributed by atoms with Gasteiger partial charge in [-0.1, -0.05) is 44.5 Å². The summed E-state index contributed by atoms with van der Waals surface area (Å²) in [5.41, 5.74) is 2.47. The lowest BCUT2D eigenvalue weighted by atomic mass is 9.82. The van der Waals surface area contributed by atoms with Crippen LogP contribution in [-0.4, -0.2) is 4.98 Å². The Morgan fingerprint density at radius 3 is 2.45 bits per heavy atom. The first-order valence-electron chi connectivity index (χ1n) is 6.83. The van der Waals surface area contributed by atoms with Crippen LogP contribution in [0.5, 0.6) is 11.5 Å². The van der Waals surface area contributed by atoms with Crippen molar-refractivity contribution in [3.8, 4) is 11.5 Å². The Hall–Kier alpha value is -1.54. The van der Waals surface area contributed by atoms with Gasteiger partial charge in [-0.15, -0.1) is 0 Å². The molecule has 0 N–H and O–H groups in total. The number of rotatable bonds is 4. The lowest BCUT2D eigenvalue weighted by Gasteiger charge is -2.23. The average molecular weight is 290 g/mol. The minimum absolute atomic E-state index is 0.189. The molecule has 0 atom stereocenters. The molecule has 2 nitrogen and oxygen atoms in total. The van der Waals surface area contributed by atoms with E-state index in [1.54, 1.807) is 12.3 Å². The van der Waals surface area contributed by atoms with Crippen molar-refractivity contribution in [2.45, 2.75) is 39.5 Å². The Labute approximate surface area is 125 Å². The highest BCUT2D eigenvalue weighted by atomic mass is 35.5. The van der Waals surface area contributed by atoms with Gasteiger partial charge in [0.15, 0.2) is 0 Å². The van der Waals surface area contributed by atoms with Crippen LogP contribution >= 0.6 is 11.6 Å². The largest absolute Gasteiger partial charge is 0.457 e. The van der Waals surface area contributed by atoms with Crippen molar-refractivity contribution in [2.24, 2.45) is 0 Å². The number of aromatic nitrogens is 1. The smallest absolute Gasteiger partial charge is 0.134 e. The molecule has 1 heterocycles. The molecule has 2 rings (SSSR count). The van der Waals surface area contributed by atoms with Crippen LogP contribution in [0, 0.1) is 6.92 Å². The number of aryl methyl sites for hydroxylation is 1. The fourth-order valence-corrected chi connectivity index (χ4v) is 2.04. The molecule has 0 unspecified atom stereocenters. The zero-order chi connectivity index (χ0) is 14.8. The summed E-state index contributed by atoms with van der Waals surface area (Å²) < 4.78 is 5.87. The van der Waals surface area contributed by atoms with E-state index in [1.807, 2.05) is 19.1 Å². The molecular weight excluding hydrogens is 270 g/mol. The van der Waals surface area contributed by atoms with Crippen LogP contribution in [0.15, 0.2) is 36.5 Å². The zero-order valence-electron chi connectivity index (χ0n) is 12.4. The van der Waals surface area contributed by atoms with E-state index < -0.39 is 0 Å². The molecular formula is C17H20ClNO. The predicted octanol–water partition coefficient (Wildman–Crippen LogP) is 5.52. The third-order valence-corrected chi connectivity index (χ3v) is 3.97. The summed E-state index contributed by atoms with van der Waals surface area (Å²) in [6.07, 6.45) is 2.82. The quantitative estimate of drug-likeness (QED) is 0.691. The van der Waals surface area contributed by atoms with Crippen molar-refractivity contribution in [2.75, 3.05) is 0 Å². The second kappa shape index (κ2) is 5.84. The van der Waals surface area contributed by atoms with Gasteiger partial charge in [0.25, 0.3) is 0 Å². The van der Waals surface area contributed by atoms with E-state index in [9.17, 15) is 0 Å². The van der Waals surface area contributed by atoms with Crippen LogP contribution in [-0.2, 0) is 5.41 Å². The third kappa shape index (κ3) is 3.31. The fourth-order valence-electron chi connectivity index (χ4n) is 1.90. The Bertz CT molecular complexity index is 590. The van der Waals surface area contributed by atoms with Gasteiger partial charge < -0.3 is 4.74 Å². The van der Waals surface area contributed by atoms with E-state index in [1.165, 1.54) is 5.56 Å². The van der Waals surface area contributed by atoms with Crippen LogP contribution < -0.4 is 4.74 Å². The first kappa shape index (κ1) is 14.9. The maximum Gasteiger partial charge on any atom is 0.134 e. The summed E-state index contributed by atoms with van der Waals surface area (Å²) in [4.78, 5) is 4.02. The normalized spacial score (nSPS) is 11.4. The van der Waals surface area contributed by atoms with Crippen molar-refractivity contribution < 1.29 is 4.74 Å². The van der Waals surface area contributed by atoms with E-state index in [0.717, 1.165) is 23.5 Å². The zero-order valence-corrected chi connectivity index (χ0v) is 13.2. The molecule has 0 spiro atoms. The number of pyridine rings is 1. The molecule has 0 fully saturated rings.